The van der Waals surface area contributed by atoms with Crippen molar-refractivity contribution < 1.29 is 4.74 Å². The van der Waals surface area contributed by atoms with E-state index < -0.39 is 0 Å². The molecule has 2 N–H and O–H groups in total. The van der Waals surface area contributed by atoms with Crippen molar-refractivity contribution in [1.29, 1.82) is 0 Å². The minimum absolute atomic E-state index is 0.663. The van der Waals surface area contributed by atoms with Crippen LogP contribution in [0.2, 0.25) is 0 Å². The zero-order chi connectivity index (χ0) is 18.7. The Morgan fingerprint density at radius 2 is 1.96 bits per heavy atom. The van der Waals surface area contributed by atoms with Crippen molar-refractivity contribution in [3.8, 4) is 0 Å². The highest BCUT2D eigenvalue weighted by Crippen LogP contribution is 2.18. The van der Waals surface area contributed by atoms with E-state index in [0.29, 0.717) is 6.54 Å². The first-order valence-electron chi connectivity index (χ1n) is 10.4. The quantitative estimate of drug-likeness (QED) is 0.556. The molecule has 2 aliphatic rings. The first kappa shape index (κ1) is 19.9. The predicted molar refractivity (Wildman–Crippen MR) is 110 cm³/mol. The third kappa shape index (κ3) is 6.66. The minimum Gasteiger partial charge on any atom is -0.379 e. The summed E-state index contributed by atoms with van der Waals surface area (Å²) in [5, 5.41) is 6.78. The first-order valence-corrected chi connectivity index (χ1v) is 10.4. The molecule has 1 aromatic rings. The van der Waals surface area contributed by atoms with Crippen LogP contribution in [0.25, 0.3) is 0 Å². The van der Waals surface area contributed by atoms with Gasteiger partial charge < -0.3 is 20.3 Å². The van der Waals surface area contributed by atoms with Crippen LogP contribution < -0.4 is 15.5 Å². The molecule has 0 radical (unpaired) electrons. The van der Waals surface area contributed by atoms with Gasteiger partial charge in [-0.3, -0.25) is 4.90 Å². The summed E-state index contributed by atoms with van der Waals surface area (Å²) in [5.41, 5.74) is 1.20. The van der Waals surface area contributed by atoms with Crippen LogP contribution in [-0.2, 0) is 11.3 Å². The summed E-state index contributed by atoms with van der Waals surface area (Å²) in [5.74, 6) is 1.97. The number of anilines is 1. The number of ether oxygens (including phenoxy) is 1. The largest absolute Gasteiger partial charge is 0.379 e. The molecule has 1 aromatic heterocycles. The predicted octanol–water partition coefficient (Wildman–Crippen LogP) is 1.46. The van der Waals surface area contributed by atoms with Crippen molar-refractivity contribution in [1.82, 2.24) is 20.5 Å². The van der Waals surface area contributed by atoms with E-state index in [-0.39, 0.29) is 0 Å². The second kappa shape index (κ2) is 11.1. The maximum Gasteiger partial charge on any atom is 0.191 e. The second-order valence-electron chi connectivity index (χ2n) is 7.15. The van der Waals surface area contributed by atoms with Crippen LogP contribution >= 0.6 is 0 Å². The smallest absolute Gasteiger partial charge is 0.191 e. The fourth-order valence-corrected chi connectivity index (χ4v) is 3.52. The lowest BCUT2D eigenvalue weighted by atomic mass is 10.1. The monoisotopic (exact) mass is 374 g/mol. The number of rotatable bonds is 7. The van der Waals surface area contributed by atoms with Gasteiger partial charge in [0.2, 0.25) is 0 Å². The number of aliphatic imine (C=N–C) groups is 1. The van der Waals surface area contributed by atoms with Gasteiger partial charge in [-0.25, -0.2) is 9.98 Å². The molecule has 0 spiro atoms. The molecule has 0 aromatic carbocycles. The molecule has 0 bridgehead atoms. The molecule has 27 heavy (non-hydrogen) atoms. The Morgan fingerprint density at radius 3 is 2.74 bits per heavy atom. The molecule has 3 heterocycles. The van der Waals surface area contributed by atoms with E-state index in [2.05, 4.69) is 44.5 Å². The summed E-state index contributed by atoms with van der Waals surface area (Å²) in [6.45, 7) is 11.5. The lowest BCUT2D eigenvalue weighted by molar-refractivity contribution is 0.0389. The molecular weight excluding hydrogens is 340 g/mol. The molecule has 0 atom stereocenters. The van der Waals surface area contributed by atoms with E-state index in [1.165, 1.54) is 24.8 Å². The SMILES string of the molecule is CCNC(=NCc1ccnc(N2CCCCC2)c1)NCCN1CCOCC1. The third-order valence-electron chi connectivity index (χ3n) is 5.08. The Labute approximate surface area is 163 Å². The van der Waals surface area contributed by atoms with E-state index in [1.807, 2.05) is 6.20 Å². The Kier molecular flexibility index (Phi) is 8.17. The minimum atomic E-state index is 0.663. The summed E-state index contributed by atoms with van der Waals surface area (Å²) in [6.07, 6.45) is 5.78. The molecule has 2 saturated heterocycles. The van der Waals surface area contributed by atoms with Crippen LogP contribution in [0.15, 0.2) is 23.3 Å². The summed E-state index contributed by atoms with van der Waals surface area (Å²) >= 11 is 0. The normalized spacial score (nSPS) is 19.1. The Morgan fingerprint density at radius 1 is 1.15 bits per heavy atom. The lowest BCUT2D eigenvalue weighted by Crippen LogP contribution is -2.44. The van der Waals surface area contributed by atoms with Crippen LogP contribution in [0, 0.1) is 0 Å². The van der Waals surface area contributed by atoms with Gasteiger partial charge in [-0.1, -0.05) is 0 Å². The third-order valence-corrected chi connectivity index (χ3v) is 5.08. The number of piperidine rings is 1. The average Bonchev–Trinajstić information content (AvgIpc) is 2.74. The highest BCUT2D eigenvalue weighted by Gasteiger charge is 2.12. The zero-order valence-corrected chi connectivity index (χ0v) is 16.6. The van der Waals surface area contributed by atoms with E-state index >= 15 is 0 Å². The number of hydrogen-bond donors (Lipinski definition) is 2. The fraction of sp³-hybridized carbons (Fsp3) is 0.700. The Hall–Kier alpha value is -1.86. The zero-order valence-electron chi connectivity index (χ0n) is 16.6. The van der Waals surface area contributed by atoms with Crippen molar-refractivity contribution in [2.75, 3.05) is 63.9 Å². The van der Waals surface area contributed by atoms with Crippen LogP contribution in [0.5, 0.6) is 0 Å². The number of guanidine groups is 1. The van der Waals surface area contributed by atoms with Crippen LogP contribution in [0.4, 0.5) is 5.82 Å². The van der Waals surface area contributed by atoms with Gasteiger partial charge >= 0.3 is 0 Å². The van der Waals surface area contributed by atoms with Crippen LogP contribution in [0.3, 0.4) is 0 Å². The molecular formula is C20H34N6O. The van der Waals surface area contributed by atoms with E-state index in [1.54, 1.807) is 0 Å². The average molecular weight is 375 g/mol. The fourth-order valence-electron chi connectivity index (χ4n) is 3.52. The summed E-state index contributed by atoms with van der Waals surface area (Å²) < 4.78 is 5.40. The summed E-state index contributed by atoms with van der Waals surface area (Å²) in [4.78, 5) is 14.1. The van der Waals surface area contributed by atoms with Crippen molar-refractivity contribution in [2.24, 2.45) is 4.99 Å². The standard InChI is InChI=1S/C20H34N6O/c1-2-21-20(23-8-11-25-12-14-27-15-13-25)24-17-18-6-7-22-19(16-18)26-9-4-3-5-10-26/h6-7,16H,2-5,8-15,17H2,1H3,(H2,21,23,24). The first-order chi connectivity index (χ1) is 13.3. The lowest BCUT2D eigenvalue weighted by Gasteiger charge is -2.27. The number of nitrogens with one attached hydrogen (secondary N) is 2. The number of pyridine rings is 1. The number of hydrogen-bond acceptors (Lipinski definition) is 5. The van der Waals surface area contributed by atoms with Gasteiger partial charge in [-0.05, 0) is 43.9 Å². The molecule has 0 saturated carbocycles. The van der Waals surface area contributed by atoms with Crippen molar-refractivity contribution >= 4 is 11.8 Å². The summed E-state index contributed by atoms with van der Waals surface area (Å²) in [6, 6.07) is 4.25. The molecule has 3 rings (SSSR count). The van der Waals surface area contributed by atoms with Crippen LogP contribution in [0.1, 0.15) is 31.7 Å². The van der Waals surface area contributed by atoms with Gasteiger partial charge in [-0.2, -0.15) is 0 Å². The molecule has 0 unspecified atom stereocenters. The van der Waals surface area contributed by atoms with Gasteiger partial charge in [-0.15, -0.1) is 0 Å². The highest BCUT2D eigenvalue weighted by atomic mass is 16.5. The topological polar surface area (TPSA) is 65.0 Å². The number of nitrogens with zero attached hydrogens (tertiary/aromatic N) is 4. The van der Waals surface area contributed by atoms with Crippen molar-refractivity contribution in [2.45, 2.75) is 32.7 Å². The molecule has 2 fully saturated rings. The Bertz CT molecular complexity index is 582. The molecule has 0 amide bonds. The maximum atomic E-state index is 5.40. The van der Waals surface area contributed by atoms with E-state index in [0.717, 1.165) is 70.8 Å². The van der Waals surface area contributed by atoms with Gasteiger partial charge in [0.05, 0.1) is 19.8 Å². The second-order valence-corrected chi connectivity index (χ2v) is 7.15. The molecule has 7 heteroatoms. The Balaban J connectivity index is 1.51. The number of aromatic nitrogens is 1. The molecule has 0 aliphatic carbocycles. The van der Waals surface area contributed by atoms with E-state index in [4.69, 9.17) is 9.73 Å². The van der Waals surface area contributed by atoms with Crippen molar-refractivity contribution in [3.63, 3.8) is 0 Å². The van der Waals surface area contributed by atoms with Gasteiger partial charge in [0, 0.05) is 52.0 Å². The highest BCUT2D eigenvalue weighted by molar-refractivity contribution is 5.79. The number of morpholine rings is 1. The maximum absolute atomic E-state index is 5.40. The molecule has 7 nitrogen and oxygen atoms in total. The molecule has 2 aliphatic heterocycles. The van der Waals surface area contributed by atoms with Crippen molar-refractivity contribution in [3.05, 3.63) is 23.9 Å². The van der Waals surface area contributed by atoms with Gasteiger partial charge in [0.15, 0.2) is 5.96 Å². The van der Waals surface area contributed by atoms with Gasteiger partial charge in [0.1, 0.15) is 5.82 Å². The summed E-state index contributed by atoms with van der Waals surface area (Å²) in [7, 11) is 0. The van der Waals surface area contributed by atoms with E-state index in [9.17, 15) is 0 Å². The molecule has 150 valence electrons. The van der Waals surface area contributed by atoms with Gasteiger partial charge in [0.25, 0.3) is 0 Å². The van der Waals surface area contributed by atoms with Crippen LogP contribution in [-0.4, -0.2) is 74.9 Å².